The number of nitrogens with one attached hydrogen (secondary N) is 2. The van der Waals surface area contributed by atoms with Crippen molar-refractivity contribution in [2.45, 2.75) is 108 Å². The fraction of sp³-hybridized carbons (Fsp3) is 0.618. The van der Waals surface area contributed by atoms with Crippen LogP contribution in [0.25, 0.3) is 0 Å². The van der Waals surface area contributed by atoms with Crippen molar-refractivity contribution in [2.24, 2.45) is 5.92 Å². The maximum Gasteiger partial charge on any atom is 0.410 e. The number of amides is 5. The first-order chi connectivity index (χ1) is 24.2. The highest BCUT2D eigenvalue weighted by molar-refractivity contribution is 8.04. The zero-order chi connectivity index (χ0) is 38.2. The van der Waals surface area contributed by atoms with Crippen LogP contribution in [-0.4, -0.2) is 109 Å². The van der Waals surface area contributed by atoms with Gasteiger partial charge in [0.2, 0.25) is 31.9 Å². The van der Waals surface area contributed by atoms with Crippen molar-refractivity contribution in [1.29, 1.82) is 0 Å². The van der Waals surface area contributed by atoms with E-state index in [9.17, 15) is 40.8 Å². The number of hydrogen-bond donors (Lipinski definition) is 2. The van der Waals surface area contributed by atoms with Crippen LogP contribution >= 0.6 is 0 Å². The molecule has 4 aliphatic rings. The lowest BCUT2D eigenvalue weighted by molar-refractivity contribution is -0.141. The summed E-state index contributed by atoms with van der Waals surface area (Å²) in [7, 11) is -9.27. The number of fused-ring (bicyclic) bond motifs is 3. The summed E-state index contributed by atoms with van der Waals surface area (Å²) in [6, 6.07) is 5.08. The number of nitrogens with zero attached hydrogens (tertiary/aromatic N) is 3. The average molecular weight is 766 g/mol. The zero-order valence-electron chi connectivity index (χ0n) is 30.0. The predicted molar refractivity (Wildman–Crippen MR) is 187 cm³/mol. The minimum absolute atomic E-state index is 0.0902. The Bertz CT molecular complexity index is 1800. The molecule has 1 saturated heterocycles. The number of ether oxygens (including phenoxy) is 2. The molecule has 5 rings (SSSR count). The number of carbonyl (C=O) groups excluding carboxylic acids is 5. The van der Waals surface area contributed by atoms with Crippen LogP contribution in [0.1, 0.15) is 76.8 Å². The molecule has 1 aromatic carbocycles. The van der Waals surface area contributed by atoms with Gasteiger partial charge in [0.05, 0.1) is 19.1 Å². The Balaban J connectivity index is 1.46. The summed E-state index contributed by atoms with van der Waals surface area (Å²) in [6.45, 7) is 5.43. The first-order valence-corrected chi connectivity index (χ1v) is 21.0. The molecular formula is C34H47N5O11S2. The Morgan fingerprint density at radius 1 is 0.981 bits per heavy atom. The standard InChI is InChI=1S/C34H47N5O11S2/c1-33(2,3)50-31(43)35-26-16-10-8-6-7-9-15-24-18-34(24,30(42)39(51(4,45)46)52(5,47)48)36-28(40)27-17-25(21-38(27)29(26)41)49-32(44)37-19-22-13-11-12-14-23(22)20-37/h9,11-15,24-27H,6-8,10,16-21H2,1-5H3,(H,35,43)(H,36,40)/b15-9+/t24-,25-,26+,27+,34-/m1/s1. The van der Waals surface area contributed by atoms with E-state index >= 15 is 0 Å². The van der Waals surface area contributed by atoms with Gasteiger partial charge < -0.3 is 25.0 Å². The van der Waals surface area contributed by atoms with Gasteiger partial charge in [-0.15, -0.1) is 3.71 Å². The van der Waals surface area contributed by atoms with Crippen LogP contribution in [0.5, 0.6) is 0 Å². The molecule has 5 amide bonds. The van der Waals surface area contributed by atoms with Crippen LogP contribution in [0.3, 0.4) is 0 Å². The highest BCUT2D eigenvalue weighted by Gasteiger charge is 2.64. The van der Waals surface area contributed by atoms with Crippen molar-refractivity contribution in [3.63, 3.8) is 0 Å². The molecule has 0 radical (unpaired) electrons. The van der Waals surface area contributed by atoms with E-state index in [-0.39, 0.29) is 29.5 Å². The van der Waals surface area contributed by atoms with Crippen LogP contribution < -0.4 is 10.6 Å². The SMILES string of the molecule is CC(C)(C)OC(=O)N[C@H]1CCCCC/C=C/[C@@H]2C[C@@]2(C(=O)N(S(C)(=O)=O)S(C)(=O)=O)NC(=O)[C@@H]2C[C@@H](OC(=O)N3Cc4ccccc4C3)CN2C1=O. The van der Waals surface area contributed by atoms with Crippen molar-refractivity contribution < 1.29 is 50.3 Å². The average Bonchev–Trinajstić information content (AvgIpc) is 3.32. The highest BCUT2D eigenvalue weighted by atomic mass is 32.3. The number of benzene rings is 1. The van der Waals surface area contributed by atoms with Gasteiger partial charge in [-0.1, -0.05) is 49.3 Å². The molecule has 5 atom stereocenters. The van der Waals surface area contributed by atoms with Crippen LogP contribution in [-0.2, 0) is 57.0 Å². The molecule has 1 aromatic rings. The van der Waals surface area contributed by atoms with Crippen LogP contribution in [0.15, 0.2) is 36.4 Å². The van der Waals surface area contributed by atoms with E-state index in [4.69, 9.17) is 9.47 Å². The minimum atomic E-state index is -4.63. The van der Waals surface area contributed by atoms with E-state index in [1.54, 1.807) is 32.9 Å². The smallest absolute Gasteiger partial charge is 0.410 e. The molecule has 52 heavy (non-hydrogen) atoms. The number of rotatable bonds is 5. The van der Waals surface area contributed by atoms with Gasteiger partial charge in [-0.3, -0.25) is 19.3 Å². The van der Waals surface area contributed by atoms with Gasteiger partial charge in [0.15, 0.2) is 0 Å². The Labute approximate surface area is 304 Å². The Morgan fingerprint density at radius 2 is 1.62 bits per heavy atom. The number of carbonyl (C=O) groups is 5. The lowest BCUT2D eigenvalue weighted by Gasteiger charge is -2.31. The van der Waals surface area contributed by atoms with Gasteiger partial charge in [-0.05, 0) is 57.6 Å². The van der Waals surface area contributed by atoms with Crippen molar-refractivity contribution in [1.82, 2.24) is 24.1 Å². The summed E-state index contributed by atoms with van der Waals surface area (Å²) in [5.74, 6) is -3.61. The quantitative estimate of drug-likeness (QED) is 0.416. The third-order valence-corrected chi connectivity index (χ3v) is 12.6. The maximum atomic E-state index is 14.3. The largest absolute Gasteiger partial charge is 0.444 e. The predicted octanol–water partition coefficient (Wildman–Crippen LogP) is 2.14. The second-order valence-electron chi connectivity index (χ2n) is 14.9. The highest BCUT2D eigenvalue weighted by Crippen LogP contribution is 2.47. The fourth-order valence-corrected chi connectivity index (χ4v) is 9.88. The molecule has 16 nitrogen and oxygen atoms in total. The van der Waals surface area contributed by atoms with Gasteiger partial charge in [-0.25, -0.2) is 26.4 Å². The summed E-state index contributed by atoms with van der Waals surface area (Å²) >= 11 is 0. The molecule has 1 aliphatic carbocycles. The number of hydrogen-bond acceptors (Lipinski definition) is 11. The minimum Gasteiger partial charge on any atom is -0.444 e. The molecule has 3 heterocycles. The molecule has 2 N–H and O–H groups in total. The van der Waals surface area contributed by atoms with E-state index < -0.39 is 85.2 Å². The summed E-state index contributed by atoms with van der Waals surface area (Å²) in [6.07, 6.45) is 4.50. The fourth-order valence-electron chi connectivity index (χ4n) is 6.99. The van der Waals surface area contributed by atoms with E-state index in [1.165, 1.54) is 9.80 Å². The third-order valence-electron chi connectivity index (χ3n) is 9.45. The van der Waals surface area contributed by atoms with Crippen LogP contribution in [0.4, 0.5) is 9.59 Å². The summed E-state index contributed by atoms with van der Waals surface area (Å²) in [5, 5.41) is 5.25. The second kappa shape index (κ2) is 14.7. The summed E-state index contributed by atoms with van der Waals surface area (Å²) in [4.78, 5) is 71.3. The molecular weight excluding hydrogens is 719 g/mol. The zero-order valence-corrected chi connectivity index (χ0v) is 31.6. The molecule has 18 heteroatoms. The van der Waals surface area contributed by atoms with Crippen LogP contribution in [0.2, 0.25) is 0 Å². The van der Waals surface area contributed by atoms with Crippen molar-refractivity contribution >= 4 is 50.0 Å². The van der Waals surface area contributed by atoms with E-state index in [1.807, 2.05) is 24.3 Å². The van der Waals surface area contributed by atoms with Gasteiger partial charge in [0.25, 0.3) is 5.91 Å². The third kappa shape index (κ3) is 8.87. The Hall–Kier alpha value is -4.19. The molecule has 286 valence electrons. The Kier molecular flexibility index (Phi) is 11.0. The topological polar surface area (TPSA) is 206 Å². The number of alkyl carbamates (subject to hydrolysis) is 1. The maximum absolute atomic E-state index is 14.3. The first-order valence-electron chi connectivity index (χ1n) is 17.3. The molecule has 0 aromatic heterocycles. The normalized spacial score (nSPS) is 27.5. The Morgan fingerprint density at radius 3 is 2.21 bits per heavy atom. The summed E-state index contributed by atoms with van der Waals surface area (Å²) in [5.41, 5.74) is -0.885. The molecule has 2 fully saturated rings. The van der Waals surface area contributed by atoms with Crippen molar-refractivity contribution in [2.75, 3.05) is 19.1 Å². The number of sulfonamides is 2. The van der Waals surface area contributed by atoms with E-state index in [0.29, 0.717) is 51.3 Å². The van der Waals surface area contributed by atoms with Gasteiger partial charge >= 0.3 is 12.2 Å². The van der Waals surface area contributed by atoms with E-state index in [2.05, 4.69) is 10.6 Å². The van der Waals surface area contributed by atoms with Crippen LogP contribution in [0, 0.1) is 5.92 Å². The molecule has 0 bridgehead atoms. The molecule has 0 spiro atoms. The molecule has 0 unspecified atom stereocenters. The first kappa shape index (κ1) is 39.0. The second-order valence-corrected chi connectivity index (χ2v) is 18.8. The molecule has 3 aliphatic heterocycles. The van der Waals surface area contributed by atoms with E-state index in [0.717, 1.165) is 11.1 Å². The lowest BCUT2D eigenvalue weighted by atomic mass is 10.0. The van der Waals surface area contributed by atoms with Gasteiger partial charge in [0, 0.05) is 25.4 Å². The lowest BCUT2D eigenvalue weighted by Crippen LogP contribution is -2.59. The summed E-state index contributed by atoms with van der Waals surface area (Å²) < 4.78 is 61.5. The van der Waals surface area contributed by atoms with Gasteiger partial charge in [-0.2, -0.15) is 0 Å². The van der Waals surface area contributed by atoms with Gasteiger partial charge in [0.1, 0.15) is 29.3 Å². The number of allylic oxidation sites excluding steroid dienone is 1. The monoisotopic (exact) mass is 765 g/mol. The van der Waals surface area contributed by atoms with Crippen molar-refractivity contribution in [3.05, 3.63) is 47.5 Å². The van der Waals surface area contributed by atoms with Crippen molar-refractivity contribution in [3.8, 4) is 0 Å². The molecule has 1 saturated carbocycles.